The smallest absolute Gasteiger partial charge is 0.0928 e. The summed E-state index contributed by atoms with van der Waals surface area (Å²) in [4.78, 5) is 9.65. The molecule has 22 heavy (non-hydrogen) atoms. The fourth-order valence-corrected chi connectivity index (χ4v) is 3.81. The van der Waals surface area contributed by atoms with Gasteiger partial charge in [0, 0.05) is 48.8 Å². The van der Waals surface area contributed by atoms with Crippen LogP contribution in [0.4, 0.5) is 5.69 Å². The summed E-state index contributed by atoms with van der Waals surface area (Å²) < 4.78 is 0. The molecule has 118 valence electrons. The van der Waals surface area contributed by atoms with Crippen molar-refractivity contribution in [3.05, 3.63) is 45.4 Å². The summed E-state index contributed by atoms with van der Waals surface area (Å²) in [6.45, 7) is 7.49. The minimum atomic E-state index is 0.800. The van der Waals surface area contributed by atoms with E-state index in [-0.39, 0.29) is 0 Å². The van der Waals surface area contributed by atoms with Crippen LogP contribution in [0.2, 0.25) is 5.02 Å². The lowest BCUT2D eigenvalue weighted by Crippen LogP contribution is -2.46. The van der Waals surface area contributed by atoms with E-state index in [2.05, 4.69) is 34.2 Å². The molecule has 0 amide bonds. The maximum Gasteiger partial charge on any atom is 0.0928 e. The Hall–Kier alpha value is -1.10. The van der Waals surface area contributed by atoms with Gasteiger partial charge in [-0.25, -0.2) is 4.98 Å². The molecule has 0 saturated carbocycles. The van der Waals surface area contributed by atoms with Gasteiger partial charge < -0.3 is 4.90 Å². The number of aryl methyl sites for hydroxylation is 1. The summed E-state index contributed by atoms with van der Waals surface area (Å²) >= 11 is 7.76. The first kappa shape index (κ1) is 15.8. The zero-order valence-electron chi connectivity index (χ0n) is 13.0. The first-order chi connectivity index (χ1) is 10.7. The standard InChI is InChI=1S/C17H22ClN3S/c1-2-3-17-19-15(13-22-17)12-20-8-10-21(11-9-20)16-6-4-14(18)5-7-16/h4-7,13H,2-3,8-12H2,1H3. The Balaban J connectivity index is 1.51. The highest BCUT2D eigenvalue weighted by molar-refractivity contribution is 7.09. The maximum absolute atomic E-state index is 5.96. The van der Waals surface area contributed by atoms with Crippen molar-refractivity contribution in [1.82, 2.24) is 9.88 Å². The molecule has 0 atom stereocenters. The molecule has 1 fully saturated rings. The highest BCUT2D eigenvalue weighted by Crippen LogP contribution is 2.20. The van der Waals surface area contributed by atoms with Crippen molar-refractivity contribution in [2.24, 2.45) is 0 Å². The molecular formula is C17H22ClN3S. The van der Waals surface area contributed by atoms with E-state index < -0.39 is 0 Å². The van der Waals surface area contributed by atoms with Crippen molar-refractivity contribution in [2.75, 3.05) is 31.1 Å². The molecule has 2 heterocycles. The lowest BCUT2D eigenvalue weighted by Gasteiger charge is -2.35. The van der Waals surface area contributed by atoms with Crippen LogP contribution >= 0.6 is 22.9 Å². The highest BCUT2D eigenvalue weighted by atomic mass is 35.5. The molecule has 1 aliphatic rings. The average Bonchev–Trinajstić information content (AvgIpc) is 2.97. The van der Waals surface area contributed by atoms with E-state index >= 15 is 0 Å². The summed E-state index contributed by atoms with van der Waals surface area (Å²) in [7, 11) is 0. The van der Waals surface area contributed by atoms with Gasteiger partial charge >= 0.3 is 0 Å². The number of thiazole rings is 1. The molecule has 3 rings (SSSR count). The van der Waals surface area contributed by atoms with Crippen molar-refractivity contribution in [3.8, 4) is 0 Å². The van der Waals surface area contributed by atoms with E-state index in [0.717, 1.165) is 44.2 Å². The largest absolute Gasteiger partial charge is 0.369 e. The third-order valence-electron chi connectivity index (χ3n) is 4.01. The van der Waals surface area contributed by atoms with Crippen molar-refractivity contribution in [2.45, 2.75) is 26.3 Å². The molecule has 1 saturated heterocycles. The number of aromatic nitrogens is 1. The maximum atomic E-state index is 5.96. The first-order valence-electron chi connectivity index (χ1n) is 7.91. The van der Waals surface area contributed by atoms with Gasteiger partial charge in [-0.3, -0.25) is 4.90 Å². The highest BCUT2D eigenvalue weighted by Gasteiger charge is 2.18. The van der Waals surface area contributed by atoms with Crippen LogP contribution in [0.15, 0.2) is 29.6 Å². The van der Waals surface area contributed by atoms with Crippen LogP contribution in [0.25, 0.3) is 0 Å². The fourth-order valence-electron chi connectivity index (χ4n) is 2.80. The third kappa shape index (κ3) is 4.00. The molecule has 0 N–H and O–H groups in total. The van der Waals surface area contributed by atoms with Crippen LogP contribution < -0.4 is 4.90 Å². The molecule has 0 aliphatic carbocycles. The second-order valence-electron chi connectivity index (χ2n) is 5.72. The van der Waals surface area contributed by atoms with Crippen LogP contribution in [0.1, 0.15) is 24.0 Å². The van der Waals surface area contributed by atoms with Gasteiger partial charge in [-0.05, 0) is 37.1 Å². The monoisotopic (exact) mass is 335 g/mol. The van der Waals surface area contributed by atoms with E-state index in [1.165, 1.54) is 22.8 Å². The van der Waals surface area contributed by atoms with Gasteiger partial charge in [-0.15, -0.1) is 11.3 Å². The molecule has 0 unspecified atom stereocenters. The Labute approximate surface area is 141 Å². The van der Waals surface area contributed by atoms with Crippen LogP contribution in [0, 0.1) is 0 Å². The molecule has 1 aliphatic heterocycles. The molecular weight excluding hydrogens is 314 g/mol. The van der Waals surface area contributed by atoms with Gasteiger partial charge in [0.15, 0.2) is 0 Å². The van der Waals surface area contributed by atoms with Crippen molar-refractivity contribution in [1.29, 1.82) is 0 Å². The quantitative estimate of drug-likeness (QED) is 0.821. The Morgan fingerprint density at radius 3 is 2.55 bits per heavy atom. The second kappa shape index (κ2) is 7.44. The predicted molar refractivity (Wildman–Crippen MR) is 95.1 cm³/mol. The third-order valence-corrected chi connectivity index (χ3v) is 5.22. The zero-order valence-corrected chi connectivity index (χ0v) is 14.5. The molecule has 3 nitrogen and oxygen atoms in total. The summed E-state index contributed by atoms with van der Waals surface area (Å²) in [6, 6.07) is 8.15. The van der Waals surface area contributed by atoms with E-state index in [0.29, 0.717) is 0 Å². The average molecular weight is 336 g/mol. The molecule has 0 bridgehead atoms. The van der Waals surface area contributed by atoms with Gasteiger partial charge in [-0.2, -0.15) is 0 Å². The van der Waals surface area contributed by atoms with Crippen LogP contribution in [0.5, 0.6) is 0 Å². The molecule has 1 aromatic carbocycles. The molecule has 0 spiro atoms. The van der Waals surface area contributed by atoms with E-state index in [9.17, 15) is 0 Å². The van der Waals surface area contributed by atoms with Gasteiger partial charge in [0.2, 0.25) is 0 Å². The molecule has 1 aromatic heterocycles. The summed E-state index contributed by atoms with van der Waals surface area (Å²) in [5, 5.41) is 4.29. The molecule has 2 aromatic rings. The van der Waals surface area contributed by atoms with Gasteiger partial charge in [-0.1, -0.05) is 18.5 Å². The van der Waals surface area contributed by atoms with Crippen LogP contribution in [-0.2, 0) is 13.0 Å². The van der Waals surface area contributed by atoms with E-state index in [4.69, 9.17) is 16.6 Å². The number of halogens is 1. The Kier molecular flexibility index (Phi) is 5.34. The van der Waals surface area contributed by atoms with E-state index in [1.54, 1.807) is 11.3 Å². The number of anilines is 1. The topological polar surface area (TPSA) is 19.4 Å². The van der Waals surface area contributed by atoms with Crippen LogP contribution in [-0.4, -0.2) is 36.1 Å². The van der Waals surface area contributed by atoms with Gasteiger partial charge in [0.05, 0.1) is 10.7 Å². The number of rotatable bonds is 5. The van der Waals surface area contributed by atoms with Crippen LogP contribution in [0.3, 0.4) is 0 Å². The lowest BCUT2D eigenvalue weighted by atomic mass is 10.2. The number of benzene rings is 1. The Morgan fingerprint density at radius 2 is 1.86 bits per heavy atom. The molecule has 5 heteroatoms. The zero-order chi connectivity index (χ0) is 15.4. The van der Waals surface area contributed by atoms with Crippen molar-refractivity contribution >= 4 is 28.6 Å². The predicted octanol–water partition coefficient (Wildman–Crippen LogP) is 4.07. The summed E-state index contributed by atoms with van der Waals surface area (Å²) in [6.07, 6.45) is 2.28. The summed E-state index contributed by atoms with van der Waals surface area (Å²) in [5.74, 6) is 0. The number of nitrogens with zero attached hydrogens (tertiary/aromatic N) is 3. The Bertz CT molecular complexity index is 588. The second-order valence-corrected chi connectivity index (χ2v) is 7.10. The first-order valence-corrected chi connectivity index (χ1v) is 9.16. The van der Waals surface area contributed by atoms with Crippen molar-refractivity contribution < 1.29 is 0 Å². The van der Waals surface area contributed by atoms with Crippen molar-refractivity contribution in [3.63, 3.8) is 0 Å². The Morgan fingerprint density at radius 1 is 1.14 bits per heavy atom. The lowest BCUT2D eigenvalue weighted by molar-refractivity contribution is 0.247. The number of hydrogen-bond donors (Lipinski definition) is 0. The SMILES string of the molecule is CCCc1nc(CN2CCN(c3ccc(Cl)cc3)CC2)cs1. The van der Waals surface area contributed by atoms with Gasteiger partial charge in [0.25, 0.3) is 0 Å². The normalized spacial score (nSPS) is 16.2. The minimum absolute atomic E-state index is 0.800. The number of hydrogen-bond acceptors (Lipinski definition) is 4. The summed E-state index contributed by atoms with van der Waals surface area (Å²) in [5.41, 5.74) is 2.50. The number of piperazine rings is 1. The minimum Gasteiger partial charge on any atom is -0.369 e. The molecule has 0 radical (unpaired) electrons. The fraction of sp³-hybridized carbons (Fsp3) is 0.471. The van der Waals surface area contributed by atoms with Gasteiger partial charge in [0.1, 0.15) is 0 Å². The van der Waals surface area contributed by atoms with E-state index in [1.807, 2.05) is 12.1 Å².